The second kappa shape index (κ2) is 2.53. The molecule has 0 aliphatic heterocycles. The van der Waals surface area contributed by atoms with Crippen LogP contribution in [-0.2, 0) is 12.6 Å². The molecule has 1 aromatic rings. The molecule has 14 heavy (non-hydrogen) atoms. The van der Waals surface area contributed by atoms with E-state index in [1.807, 2.05) is 6.92 Å². The van der Waals surface area contributed by atoms with Crippen molar-refractivity contribution >= 4 is 0 Å². The topological polar surface area (TPSA) is 43.8 Å². The van der Waals surface area contributed by atoms with Crippen LogP contribution in [0.25, 0.3) is 0 Å². The fraction of sp³-hybridized carbons (Fsp3) is 0.667. The van der Waals surface area contributed by atoms with E-state index in [9.17, 15) is 8.78 Å². The number of nitrogens with two attached hydrogens (primary N) is 1. The van der Waals surface area contributed by atoms with Crippen LogP contribution in [0.1, 0.15) is 24.2 Å². The van der Waals surface area contributed by atoms with Crippen molar-refractivity contribution in [3.63, 3.8) is 0 Å². The second-order valence-corrected chi connectivity index (χ2v) is 4.16. The van der Waals surface area contributed by atoms with Crippen LogP contribution in [0.5, 0.6) is 0 Å². The van der Waals surface area contributed by atoms with Gasteiger partial charge in [-0.15, -0.1) is 0 Å². The normalized spacial score (nSPS) is 23.2. The van der Waals surface area contributed by atoms with E-state index in [-0.39, 0.29) is 12.8 Å². The van der Waals surface area contributed by atoms with Gasteiger partial charge in [0.05, 0.1) is 11.2 Å². The number of alkyl halides is 2. The summed E-state index contributed by atoms with van der Waals surface area (Å²) in [7, 11) is 1.78. The Bertz CT molecular complexity index is 343. The van der Waals surface area contributed by atoms with Gasteiger partial charge in [-0.2, -0.15) is 5.10 Å². The molecule has 5 heteroatoms. The fourth-order valence-corrected chi connectivity index (χ4v) is 1.86. The minimum atomic E-state index is -2.61. The molecule has 78 valence electrons. The van der Waals surface area contributed by atoms with E-state index < -0.39 is 11.5 Å². The first-order valence-electron chi connectivity index (χ1n) is 4.50. The summed E-state index contributed by atoms with van der Waals surface area (Å²) >= 11 is 0. The van der Waals surface area contributed by atoms with Crippen molar-refractivity contribution in [3.8, 4) is 0 Å². The third-order valence-corrected chi connectivity index (χ3v) is 2.77. The summed E-state index contributed by atoms with van der Waals surface area (Å²) in [5, 5.41) is 4.13. The zero-order chi connectivity index (χ0) is 10.6. The number of rotatable bonds is 1. The molecule has 0 unspecified atom stereocenters. The lowest BCUT2D eigenvalue weighted by molar-refractivity contribution is -0.126. The maximum atomic E-state index is 12.7. The third kappa shape index (κ3) is 1.32. The van der Waals surface area contributed by atoms with Crippen LogP contribution in [0, 0.1) is 6.92 Å². The predicted octanol–water partition coefficient (Wildman–Crippen LogP) is 1.31. The average Bonchev–Trinajstić information content (AvgIpc) is 2.28. The monoisotopic (exact) mass is 201 g/mol. The van der Waals surface area contributed by atoms with Gasteiger partial charge in [0.15, 0.2) is 0 Å². The standard InChI is InChI=1S/C9H13F2N3/c1-6-3-7(13-14(6)2)8(12)4-9(10,11)5-8/h3H,4-5,12H2,1-2H3. The van der Waals surface area contributed by atoms with E-state index in [2.05, 4.69) is 5.10 Å². The molecule has 1 heterocycles. The van der Waals surface area contributed by atoms with Gasteiger partial charge in [-0.05, 0) is 13.0 Å². The van der Waals surface area contributed by atoms with Crippen LogP contribution >= 0.6 is 0 Å². The van der Waals surface area contributed by atoms with Gasteiger partial charge in [-0.1, -0.05) is 0 Å². The van der Waals surface area contributed by atoms with Crippen molar-refractivity contribution in [2.75, 3.05) is 0 Å². The van der Waals surface area contributed by atoms with Crippen LogP contribution in [0.4, 0.5) is 8.78 Å². The van der Waals surface area contributed by atoms with Crippen molar-refractivity contribution in [1.82, 2.24) is 9.78 Å². The maximum Gasteiger partial charge on any atom is 0.252 e. The lowest BCUT2D eigenvalue weighted by atomic mass is 9.72. The molecule has 1 aliphatic rings. The molecule has 1 saturated carbocycles. The Morgan fingerprint density at radius 2 is 2.07 bits per heavy atom. The van der Waals surface area contributed by atoms with Crippen molar-refractivity contribution in [1.29, 1.82) is 0 Å². The van der Waals surface area contributed by atoms with Gasteiger partial charge in [0, 0.05) is 25.6 Å². The highest BCUT2D eigenvalue weighted by molar-refractivity contribution is 5.23. The zero-order valence-electron chi connectivity index (χ0n) is 8.22. The van der Waals surface area contributed by atoms with Gasteiger partial charge in [-0.3, -0.25) is 4.68 Å². The Kier molecular flexibility index (Phi) is 1.73. The summed E-state index contributed by atoms with van der Waals surface area (Å²) in [4.78, 5) is 0. The summed E-state index contributed by atoms with van der Waals surface area (Å²) in [6, 6.07) is 1.77. The molecular formula is C9H13F2N3. The first-order valence-corrected chi connectivity index (χ1v) is 4.50. The molecule has 0 bridgehead atoms. The summed E-state index contributed by atoms with van der Waals surface area (Å²) in [6.45, 7) is 1.87. The number of hydrogen-bond donors (Lipinski definition) is 1. The molecule has 1 aliphatic carbocycles. The van der Waals surface area contributed by atoms with Gasteiger partial charge in [0.1, 0.15) is 0 Å². The SMILES string of the molecule is Cc1cc(C2(N)CC(F)(F)C2)nn1C. The Hall–Kier alpha value is -0.970. The lowest BCUT2D eigenvalue weighted by Crippen LogP contribution is -2.55. The highest BCUT2D eigenvalue weighted by atomic mass is 19.3. The van der Waals surface area contributed by atoms with Crippen LogP contribution < -0.4 is 5.73 Å². The second-order valence-electron chi connectivity index (χ2n) is 4.16. The molecule has 1 aromatic heterocycles. The Labute approximate surface area is 80.9 Å². The van der Waals surface area contributed by atoms with E-state index >= 15 is 0 Å². The van der Waals surface area contributed by atoms with E-state index in [1.165, 1.54) is 0 Å². The van der Waals surface area contributed by atoms with Gasteiger partial charge in [0.25, 0.3) is 5.92 Å². The maximum absolute atomic E-state index is 12.7. The molecule has 0 amide bonds. The Morgan fingerprint density at radius 3 is 2.43 bits per heavy atom. The minimum Gasteiger partial charge on any atom is -0.320 e. The Morgan fingerprint density at radius 1 is 1.50 bits per heavy atom. The largest absolute Gasteiger partial charge is 0.320 e. The quantitative estimate of drug-likeness (QED) is 0.744. The summed E-state index contributed by atoms with van der Waals surface area (Å²) < 4.78 is 27.1. The molecular weight excluding hydrogens is 188 g/mol. The zero-order valence-corrected chi connectivity index (χ0v) is 8.22. The molecule has 3 nitrogen and oxygen atoms in total. The highest BCUT2D eigenvalue weighted by Gasteiger charge is 2.56. The molecule has 0 aromatic carbocycles. The summed E-state index contributed by atoms with van der Waals surface area (Å²) in [5.74, 6) is -2.61. The van der Waals surface area contributed by atoms with Crippen LogP contribution in [-0.4, -0.2) is 15.7 Å². The number of nitrogens with zero attached hydrogens (tertiary/aromatic N) is 2. The van der Waals surface area contributed by atoms with Gasteiger partial charge in [0.2, 0.25) is 0 Å². The molecule has 2 N–H and O–H groups in total. The van der Waals surface area contributed by atoms with Crippen LogP contribution in [0.3, 0.4) is 0 Å². The molecule has 0 spiro atoms. The molecule has 2 rings (SSSR count). The lowest BCUT2D eigenvalue weighted by Gasteiger charge is -2.43. The number of hydrogen-bond acceptors (Lipinski definition) is 2. The van der Waals surface area contributed by atoms with E-state index in [1.54, 1.807) is 17.8 Å². The smallest absolute Gasteiger partial charge is 0.252 e. The van der Waals surface area contributed by atoms with Crippen molar-refractivity contribution in [3.05, 3.63) is 17.5 Å². The Balaban J connectivity index is 2.25. The predicted molar refractivity (Wildman–Crippen MR) is 48.0 cm³/mol. The van der Waals surface area contributed by atoms with Gasteiger partial charge >= 0.3 is 0 Å². The van der Waals surface area contributed by atoms with Crippen LogP contribution in [0.2, 0.25) is 0 Å². The first kappa shape index (κ1) is 9.58. The van der Waals surface area contributed by atoms with Crippen molar-refractivity contribution in [2.24, 2.45) is 12.8 Å². The fourth-order valence-electron chi connectivity index (χ4n) is 1.86. The summed E-state index contributed by atoms with van der Waals surface area (Å²) in [5.41, 5.74) is 6.41. The van der Waals surface area contributed by atoms with Crippen LogP contribution in [0.15, 0.2) is 6.07 Å². The van der Waals surface area contributed by atoms with Crippen molar-refractivity contribution in [2.45, 2.75) is 31.2 Å². The van der Waals surface area contributed by atoms with Crippen molar-refractivity contribution < 1.29 is 8.78 Å². The average molecular weight is 201 g/mol. The minimum absolute atomic E-state index is 0.295. The molecule has 0 saturated heterocycles. The molecule has 0 radical (unpaired) electrons. The van der Waals surface area contributed by atoms with Gasteiger partial charge < -0.3 is 5.73 Å². The van der Waals surface area contributed by atoms with E-state index in [0.717, 1.165) is 5.69 Å². The number of halogens is 2. The molecule has 1 fully saturated rings. The van der Waals surface area contributed by atoms with E-state index in [4.69, 9.17) is 5.73 Å². The van der Waals surface area contributed by atoms with Gasteiger partial charge in [-0.25, -0.2) is 8.78 Å². The summed E-state index contributed by atoms with van der Waals surface area (Å²) in [6.07, 6.45) is -0.590. The highest BCUT2D eigenvalue weighted by Crippen LogP contribution is 2.49. The number of aryl methyl sites for hydroxylation is 2. The first-order chi connectivity index (χ1) is 6.32. The number of aromatic nitrogens is 2. The van der Waals surface area contributed by atoms with E-state index in [0.29, 0.717) is 5.69 Å². The molecule has 0 atom stereocenters. The third-order valence-electron chi connectivity index (χ3n) is 2.77.